The van der Waals surface area contributed by atoms with Gasteiger partial charge in [-0.25, -0.2) is 0 Å². The van der Waals surface area contributed by atoms with Gasteiger partial charge in [0, 0.05) is 19.0 Å². The van der Waals surface area contributed by atoms with Crippen LogP contribution in [0.2, 0.25) is 0 Å². The molecule has 0 saturated carbocycles. The predicted octanol–water partition coefficient (Wildman–Crippen LogP) is 2.74. The second-order valence-corrected chi connectivity index (χ2v) is 4.94. The van der Waals surface area contributed by atoms with Crippen LogP contribution in [-0.2, 0) is 0 Å². The van der Waals surface area contributed by atoms with Crippen LogP contribution in [0, 0.1) is 0 Å². The van der Waals surface area contributed by atoms with Crippen LogP contribution in [0.4, 0.5) is 0 Å². The molecule has 0 N–H and O–H groups in total. The van der Waals surface area contributed by atoms with Gasteiger partial charge in [0.05, 0.1) is 0 Å². The third-order valence-electron chi connectivity index (χ3n) is 2.53. The van der Waals surface area contributed by atoms with Gasteiger partial charge in [0.1, 0.15) is 0 Å². The molecule has 94 valence electrons. The van der Waals surface area contributed by atoms with E-state index in [0.717, 1.165) is 0 Å². The SMILES string of the molecule is CCN(C(=O)c1ccc(C(C)=O)o1)C(C)(C)C. The molecule has 0 fully saturated rings. The zero-order valence-corrected chi connectivity index (χ0v) is 11.0. The van der Waals surface area contributed by atoms with Crippen LogP contribution in [0.1, 0.15) is 55.7 Å². The van der Waals surface area contributed by atoms with Crippen LogP contribution < -0.4 is 0 Å². The molecule has 0 aliphatic rings. The van der Waals surface area contributed by atoms with E-state index in [1.54, 1.807) is 11.0 Å². The summed E-state index contributed by atoms with van der Waals surface area (Å²) in [6.45, 7) is 9.81. The Morgan fingerprint density at radius 2 is 1.76 bits per heavy atom. The molecule has 0 saturated heterocycles. The van der Waals surface area contributed by atoms with E-state index in [-0.39, 0.29) is 28.7 Å². The first-order valence-corrected chi connectivity index (χ1v) is 5.70. The molecule has 4 nitrogen and oxygen atoms in total. The lowest BCUT2D eigenvalue weighted by molar-refractivity contribution is 0.0564. The van der Waals surface area contributed by atoms with E-state index in [1.807, 2.05) is 27.7 Å². The van der Waals surface area contributed by atoms with Gasteiger partial charge in [-0.3, -0.25) is 9.59 Å². The van der Waals surface area contributed by atoms with Gasteiger partial charge in [-0.05, 0) is 39.8 Å². The summed E-state index contributed by atoms with van der Waals surface area (Å²) in [4.78, 5) is 25.0. The fraction of sp³-hybridized carbons (Fsp3) is 0.538. The lowest BCUT2D eigenvalue weighted by Gasteiger charge is -2.34. The fourth-order valence-corrected chi connectivity index (χ4v) is 1.70. The highest BCUT2D eigenvalue weighted by atomic mass is 16.4. The summed E-state index contributed by atoms with van der Waals surface area (Å²) in [5.41, 5.74) is -0.269. The Kier molecular flexibility index (Phi) is 3.76. The first-order chi connectivity index (χ1) is 7.77. The van der Waals surface area contributed by atoms with Gasteiger partial charge in [0.25, 0.3) is 5.91 Å². The van der Waals surface area contributed by atoms with Gasteiger partial charge in [-0.2, -0.15) is 0 Å². The van der Waals surface area contributed by atoms with E-state index in [9.17, 15) is 9.59 Å². The van der Waals surface area contributed by atoms with E-state index < -0.39 is 0 Å². The topological polar surface area (TPSA) is 50.5 Å². The number of carbonyl (C=O) groups excluding carboxylic acids is 2. The molecule has 0 spiro atoms. The van der Waals surface area contributed by atoms with Crippen LogP contribution in [-0.4, -0.2) is 28.7 Å². The lowest BCUT2D eigenvalue weighted by Crippen LogP contribution is -2.45. The van der Waals surface area contributed by atoms with E-state index >= 15 is 0 Å². The van der Waals surface area contributed by atoms with E-state index in [0.29, 0.717) is 6.54 Å². The van der Waals surface area contributed by atoms with Crippen LogP contribution in [0.15, 0.2) is 16.5 Å². The van der Waals surface area contributed by atoms with Crippen molar-refractivity contribution < 1.29 is 14.0 Å². The smallest absolute Gasteiger partial charge is 0.290 e. The van der Waals surface area contributed by atoms with Crippen molar-refractivity contribution in [3.63, 3.8) is 0 Å². The van der Waals surface area contributed by atoms with Crippen molar-refractivity contribution in [1.29, 1.82) is 0 Å². The van der Waals surface area contributed by atoms with Crippen molar-refractivity contribution in [2.75, 3.05) is 6.54 Å². The van der Waals surface area contributed by atoms with Gasteiger partial charge in [-0.15, -0.1) is 0 Å². The molecule has 1 amide bonds. The third kappa shape index (κ3) is 2.96. The highest BCUT2D eigenvalue weighted by Gasteiger charge is 2.28. The summed E-state index contributed by atoms with van der Waals surface area (Å²) in [5, 5.41) is 0. The van der Waals surface area contributed by atoms with E-state index in [2.05, 4.69) is 0 Å². The fourth-order valence-electron chi connectivity index (χ4n) is 1.70. The van der Waals surface area contributed by atoms with Gasteiger partial charge in [-0.1, -0.05) is 0 Å². The van der Waals surface area contributed by atoms with Gasteiger partial charge in [0.2, 0.25) is 0 Å². The van der Waals surface area contributed by atoms with Gasteiger partial charge < -0.3 is 9.32 Å². The molecule has 0 atom stereocenters. The van der Waals surface area contributed by atoms with Gasteiger partial charge in [0.15, 0.2) is 17.3 Å². The predicted molar refractivity (Wildman–Crippen MR) is 65.2 cm³/mol. The molecule has 0 unspecified atom stereocenters. The summed E-state index contributed by atoms with van der Waals surface area (Å²) in [7, 11) is 0. The lowest BCUT2D eigenvalue weighted by atomic mass is 10.1. The first kappa shape index (κ1) is 13.5. The molecule has 0 radical (unpaired) electrons. The Labute approximate surface area is 102 Å². The normalized spacial score (nSPS) is 11.4. The Balaban J connectivity index is 2.98. The standard InChI is InChI=1S/C13H19NO3/c1-6-14(13(3,4)5)12(16)11-8-7-10(17-11)9(2)15/h7-8H,6H2,1-5H3. The quantitative estimate of drug-likeness (QED) is 0.759. The number of amides is 1. The second kappa shape index (κ2) is 4.73. The zero-order valence-electron chi connectivity index (χ0n) is 11.0. The van der Waals surface area contributed by atoms with E-state index in [4.69, 9.17) is 4.42 Å². The van der Waals surface area contributed by atoms with E-state index in [1.165, 1.54) is 13.0 Å². The Morgan fingerprint density at radius 1 is 1.24 bits per heavy atom. The minimum atomic E-state index is -0.269. The number of rotatable bonds is 3. The van der Waals surface area contributed by atoms with Crippen LogP contribution in [0.25, 0.3) is 0 Å². The molecular weight excluding hydrogens is 218 g/mol. The Bertz CT molecular complexity index is 426. The molecule has 0 aromatic carbocycles. The van der Waals surface area contributed by atoms with Crippen molar-refractivity contribution in [3.8, 4) is 0 Å². The number of ketones is 1. The highest BCUT2D eigenvalue weighted by molar-refractivity contribution is 5.95. The van der Waals surface area contributed by atoms with Gasteiger partial charge >= 0.3 is 0 Å². The average molecular weight is 237 g/mol. The number of hydrogen-bond acceptors (Lipinski definition) is 3. The molecule has 1 rings (SSSR count). The summed E-state index contributed by atoms with van der Waals surface area (Å²) in [5.74, 6) is 0.0700. The van der Waals surface area contributed by atoms with Crippen molar-refractivity contribution in [2.24, 2.45) is 0 Å². The number of carbonyl (C=O) groups is 2. The number of Topliss-reactive ketones (excluding diaryl/α,β-unsaturated/α-hetero) is 1. The van der Waals surface area contributed by atoms with Crippen LogP contribution >= 0.6 is 0 Å². The maximum atomic E-state index is 12.2. The number of hydrogen-bond donors (Lipinski definition) is 0. The third-order valence-corrected chi connectivity index (χ3v) is 2.53. The summed E-state index contributed by atoms with van der Waals surface area (Å²) in [6, 6.07) is 3.08. The Morgan fingerprint density at radius 3 is 2.12 bits per heavy atom. The van der Waals surface area contributed by atoms with Crippen molar-refractivity contribution in [2.45, 2.75) is 40.2 Å². The molecule has 4 heteroatoms. The molecular formula is C13H19NO3. The second-order valence-electron chi connectivity index (χ2n) is 4.94. The average Bonchev–Trinajstić information content (AvgIpc) is 2.64. The van der Waals surface area contributed by atoms with Crippen LogP contribution in [0.5, 0.6) is 0 Å². The zero-order chi connectivity index (χ0) is 13.2. The molecule has 17 heavy (non-hydrogen) atoms. The maximum Gasteiger partial charge on any atom is 0.290 e. The Hall–Kier alpha value is -1.58. The van der Waals surface area contributed by atoms with Crippen molar-refractivity contribution in [1.82, 2.24) is 4.90 Å². The largest absolute Gasteiger partial charge is 0.448 e. The van der Waals surface area contributed by atoms with Crippen molar-refractivity contribution in [3.05, 3.63) is 23.7 Å². The number of furan rings is 1. The molecule has 1 aromatic rings. The molecule has 0 aliphatic heterocycles. The molecule has 1 heterocycles. The monoisotopic (exact) mass is 237 g/mol. The number of nitrogens with zero attached hydrogens (tertiary/aromatic N) is 1. The van der Waals surface area contributed by atoms with Crippen LogP contribution in [0.3, 0.4) is 0 Å². The van der Waals surface area contributed by atoms with Crippen molar-refractivity contribution >= 4 is 11.7 Å². The summed E-state index contributed by atoms with van der Waals surface area (Å²) in [6.07, 6.45) is 0. The molecule has 1 aromatic heterocycles. The summed E-state index contributed by atoms with van der Waals surface area (Å²) < 4.78 is 5.24. The minimum absolute atomic E-state index is 0.178. The molecule has 0 aliphatic carbocycles. The first-order valence-electron chi connectivity index (χ1n) is 5.70. The minimum Gasteiger partial charge on any atom is -0.448 e. The summed E-state index contributed by atoms with van der Waals surface area (Å²) >= 11 is 0. The molecule has 0 bridgehead atoms. The maximum absolute atomic E-state index is 12.2. The highest BCUT2D eigenvalue weighted by Crippen LogP contribution is 2.18.